The average molecular weight is 507 g/mol. The summed E-state index contributed by atoms with van der Waals surface area (Å²) >= 11 is 3.58. The second-order valence-corrected chi connectivity index (χ2v) is 8.44. The second kappa shape index (κ2) is 10.9. The number of aryl methyl sites for hydroxylation is 1. The van der Waals surface area contributed by atoms with Crippen LogP contribution in [0.1, 0.15) is 34.7 Å². The fourth-order valence-corrected chi connectivity index (χ4v) is 4.01. The largest absolute Gasteiger partial charge is 0.494 e. The number of nitriles is 1. The van der Waals surface area contributed by atoms with Crippen molar-refractivity contribution in [1.29, 1.82) is 5.26 Å². The minimum Gasteiger partial charge on any atom is -0.494 e. The van der Waals surface area contributed by atoms with Crippen molar-refractivity contribution in [3.63, 3.8) is 0 Å². The van der Waals surface area contributed by atoms with Gasteiger partial charge in [-0.3, -0.25) is 4.79 Å². The van der Waals surface area contributed by atoms with Gasteiger partial charge in [-0.15, -0.1) is 0 Å². The van der Waals surface area contributed by atoms with Crippen LogP contribution in [0.5, 0.6) is 5.75 Å². The summed E-state index contributed by atoms with van der Waals surface area (Å²) in [4.78, 5) is 12.8. The van der Waals surface area contributed by atoms with E-state index in [9.17, 15) is 14.4 Å². The molecular weight excluding hydrogens is 483 g/mol. The highest BCUT2D eigenvalue weighted by Crippen LogP contribution is 2.32. The molecule has 1 N–H and O–H groups in total. The molecule has 4 nitrogen and oxygen atoms in total. The van der Waals surface area contributed by atoms with E-state index in [1.165, 1.54) is 18.2 Å². The number of hydrogen-bond donors (Lipinski definition) is 1. The van der Waals surface area contributed by atoms with Gasteiger partial charge in [-0.1, -0.05) is 40.2 Å². The van der Waals surface area contributed by atoms with Crippen LogP contribution in [0, 0.1) is 31.0 Å². The molecule has 0 atom stereocenters. The van der Waals surface area contributed by atoms with Crippen LogP contribution in [0.3, 0.4) is 0 Å². The predicted octanol–water partition coefficient (Wildman–Crippen LogP) is 6.74. The molecular formula is C27H24BrFN2O2. The lowest BCUT2D eigenvalue weighted by molar-refractivity contribution is -0.112. The van der Waals surface area contributed by atoms with Crippen molar-refractivity contribution < 1.29 is 13.9 Å². The first-order chi connectivity index (χ1) is 15.8. The molecule has 0 spiro atoms. The first-order valence-corrected chi connectivity index (χ1v) is 11.3. The predicted molar refractivity (Wildman–Crippen MR) is 133 cm³/mol. The monoisotopic (exact) mass is 506 g/mol. The van der Waals surface area contributed by atoms with Gasteiger partial charge in [-0.25, -0.2) is 4.39 Å². The molecule has 0 fully saturated rings. The van der Waals surface area contributed by atoms with Crippen molar-refractivity contribution >= 4 is 33.6 Å². The van der Waals surface area contributed by atoms with Crippen LogP contribution in [-0.4, -0.2) is 12.5 Å². The van der Waals surface area contributed by atoms with E-state index in [1.54, 1.807) is 18.2 Å². The van der Waals surface area contributed by atoms with Gasteiger partial charge < -0.3 is 10.1 Å². The number of hydrogen-bond acceptors (Lipinski definition) is 3. The van der Waals surface area contributed by atoms with Crippen molar-refractivity contribution in [2.75, 3.05) is 11.9 Å². The van der Waals surface area contributed by atoms with Crippen LogP contribution in [0.2, 0.25) is 0 Å². The number of nitrogens with zero attached hydrogens (tertiary/aromatic N) is 1. The van der Waals surface area contributed by atoms with Crippen molar-refractivity contribution in [2.45, 2.75) is 27.2 Å². The van der Waals surface area contributed by atoms with E-state index in [0.717, 1.165) is 26.7 Å². The summed E-state index contributed by atoms with van der Waals surface area (Å²) in [5.41, 5.74) is 4.95. The first kappa shape index (κ1) is 24.2. The van der Waals surface area contributed by atoms with Gasteiger partial charge in [-0.05, 0) is 79.4 Å². The molecule has 3 aromatic carbocycles. The Morgan fingerprint density at radius 3 is 2.64 bits per heavy atom. The topological polar surface area (TPSA) is 62.1 Å². The number of benzene rings is 3. The molecule has 0 bridgehead atoms. The summed E-state index contributed by atoms with van der Waals surface area (Å²) in [6.45, 7) is 6.20. The van der Waals surface area contributed by atoms with Crippen molar-refractivity contribution in [3.8, 4) is 11.8 Å². The fraction of sp³-hybridized carbons (Fsp3) is 0.185. The van der Waals surface area contributed by atoms with Gasteiger partial charge in [0, 0.05) is 22.1 Å². The Hall–Kier alpha value is -3.43. The van der Waals surface area contributed by atoms with Crippen molar-refractivity contribution in [3.05, 3.63) is 98.3 Å². The van der Waals surface area contributed by atoms with E-state index in [4.69, 9.17) is 4.74 Å². The zero-order valence-electron chi connectivity index (χ0n) is 18.7. The maximum Gasteiger partial charge on any atom is 0.266 e. The molecule has 0 aromatic heterocycles. The standard InChI is InChI=1S/C27H24BrFN2O2/c1-4-33-26-15-20(14-24(28)23(26)13-19-8-6-9-22(29)12-19)11-21(16-30)27(32)31-25-10-5-7-17(2)18(25)3/h5-12,14-15H,4,13H2,1-3H3,(H,31,32)/b21-11+. The van der Waals surface area contributed by atoms with Crippen molar-refractivity contribution in [2.24, 2.45) is 0 Å². The maximum atomic E-state index is 13.6. The first-order valence-electron chi connectivity index (χ1n) is 10.5. The molecule has 0 aliphatic carbocycles. The molecule has 0 unspecified atom stereocenters. The van der Waals surface area contributed by atoms with Crippen LogP contribution < -0.4 is 10.1 Å². The number of ether oxygens (including phenoxy) is 1. The highest BCUT2D eigenvalue weighted by atomic mass is 79.9. The van der Waals surface area contributed by atoms with E-state index in [2.05, 4.69) is 21.2 Å². The third-order valence-electron chi connectivity index (χ3n) is 5.28. The molecule has 168 valence electrons. The molecule has 1 amide bonds. The Kier molecular flexibility index (Phi) is 8.02. The second-order valence-electron chi connectivity index (χ2n) is 7.59. The van der Waals surface area contributed by atoms with Crippen LogP contribution in [0.15, 0.2) is 64.6 Å². The van der Waals surface area contributed by atoms with Gasteiger partial charge >= 0.3 is 0 Å². The molecule has 0 aliphatic rings. The van der Waals surface area contributed by atoms with E-state index in [1.807, 2.05) is 51.1 Å². The van der Waals surface area contributed by atoms with Gasteiger partial charge in [0.1, 0.15) is 23.2 Å². The van der Waals surface area contributed by atoms with Gasteiger partial charge in [0.25, 0.3) is 5.91 Å². The number of rotatable bonds is 7. The van der Waals surface area contributed by atoms with Gasteiger partial charge in [0.2, 0.25) is 0 Å². The molecule has 3 aromatic rings. The maximum absolute atomic E-state index is 13.6. The fourth-order valence-electron chi connectivity index (χ4n) is 3.41. The summed E-state index contributed by atoms with van der Waals surface area (Å²) in [6, 6.07) is 17.6. The Morgan fingerprint density at radius 2 is 1.94 bits per heavy atom. The summed E-state index contributed by atoms with van der Waals surface area (Å²) in [7, 11) is 0. The van der Waals surface area contributed by atoms with E-state index in [-0.39, 0.29) is 11.4 Å². The zero-order chi connectivity index (χ0) is 24.0. The molecule has 0 saturated heterocycles. The molecule has 0 heterocycles. The third-order valence-corrected chi connectivity index (χ3v) is 5.98. The lowest BCUT2D eigenvalue weighted by atomic mass is 10.0. The Labute approximate surface area is 201 Å². The normalized spacial score (nSPS) is 11.1. The number of carbonyl (C=O) groups is 1. The van der Waals surface area contributed by atoms with E-state index < -0.39 is 5.91 Å². The quantitative estimate of drug-likeness (QED) is 0.285. The number of nitrogens with one attached hydrogen (secondary N) is 1. The van der Waals surface area contributed by atoms with Crippen LogP contribution in [0.4, 0.5) is 10.1 Å². The number of anilines is 1. The molecule has 0 saturated carbocycles. The highest BCUT2D eigenvalue weighted by Gasteiger charge is 2.15. The minimum atomic E-state index is -0.482. The zero-order valence-corrected chi connectivity index (χ0v) is 20.3. The molecule has 0 aliphatic heterocycles. The van der Waals surface area contributed by atoms with Gasteiger partial charge in [-0.2, -0.15) is 5.26 Å². The SMILES string of the molecule is CCOc1cc(/C=C(\C#N)C(=O)Nc2cccc(C)c2C)cc(Br)c1Cc1cccc(F)c1. The summed E-state index contributed by atoms with van der Waals surface area (Å²) in [6.07, 6.45) is 2.00. The van der Waals surface area contributed by atoms with E-state index in [0.29, 0.717) is 30.0 Å². The summed E-state index contributed by atoms with van der Waals surface area (Å²) in [5, 5.41) is 12.4. The van der Waals surface area contributed by atoms with Crippen LogP contribution in [-0.2, 0) is 11.2 Å². The molecule has 0 radical (unpaired) electrons. The lowest BCUT2D eigenvalue weighted by Gasteiger charge is -2.14. The highest BCUT2D eigenvalue weighted by molar-refractivity contribution is 9.10. The van der Waals surface area contributed by atoms with Crippen molar-refractivity contribution in [1.82, 2.24) is 0 Å². The average Bonchev–Trinajstić information content (AvgIpc) is 2.77. The van der Waals surface area contributed by atoms with E-state index >= 15 is 0 Å². The van der Waals surface area contributed by atoms with Crippen LogP contribution >= 0.6 is 15.9 Å². The van der Waals surface area contributed by atoms with Gasteiger partial charge in [0.05, 0.1) is 6.61 Å². The molecule has 3 rings (SSSR count). The lowest BCUT2D eigenvalue weighted by Crippen LogP contribution is -2.14. The Morgan fingerprint density at radius 1 is 1.18 bits per heavy atom. The Balaban J connectivity index is 1.93. The number of carbonyl (C=O) groups excluding carboxylic acids is 1. The summed E-state index contributed by atoms with van der Waals surface area (Å²) in [5.74, 6) is -0.173. The van der Waals surface area contributed by atoms with Gasteiger partial charge in [0.15, 0.2) is 0 Å². The Bertz CT molecular complexity index is 1260. The third kappa shape index (κ3) is 6.09. The molecule has 6 heteroatoms. The molecule has 33 heavy (non-hydrogen) atoms. The van der Waals surface area contributed by atoms with Crippen LogP contribution in [0.25, 0.3) is 6.08 Å². The minimum absolute atomic E-state index is 0.0249. The summed E-state index contributed by atoms with van der Waals surface area (Å²) < 4.78 is 20.2. The smallest absolute Gasteiger partial charge is 0.266 e. The number of halogens is 2. The number of amides is 1.